The van der Waals surface area contributed by atoms with E-state index in [1.807, 2.05) is 30.3 Å². The molecule has 0 unspecified atom stereocenters. The van der Waals surface area contributed by atoms with Gasteiger partial charge in [0.2, 0.25) is 15.9 Å². The van der Waals surface area contributed by atoms with Crippen molar-refractivity contribution in [2.24, 2.45) is 5.73 Å². The highest BCUT2D eigenvalue weighted by Gasteiger charge is 2.28. The Morgan fingerprint density at radius 1 is 1.15 bits per heavy atom. The molecular weight excluding hydrogens is 362 g/mol. The van der Waals surface area contributed by atoms with E-state index in [0.717, 1.165) is 16.8 Å². The zero-order valence-electron chi connectivity index (χ0n) is 15.5. The first-order chi connectivity index (χ1) is 12.9. The zero-order valence-corrected chi connectivity index (χ0v) is 16.3. The molecule has 0 radical (unpaired) electrons. The van der Waals surface area contributed by atoms with Crippen molar-refractivity contribution in [2.45, 2.75) is 24.7 Å². The number of carbonyl (C=O) groups excluding carboxylic acids is 1. The molecule has 6 nitrogen and oxygen atoms in total. The Balaban J connectivity index is 1.83. The van der Waals surface area contributed by atoms with Crippen molar-refractivity contribution in [3.63, 3.8) is 0 Å². The molecule has 1 amide bonds. The third-order valence-electron chi connectivity index (χ3n) is 4.84. The highest BCUT2D eigenvalue weighted by molar-refractivity contribution is 7.89. The lowest BCUT2D eigenvalue weighted by Gasteiger charge is -2.22. The quantitative estimate of drug-likeness (QED) is 0.785. The van der Waals surface area contributed by atoms with Crippen LogP contribution in [0.4, 0.5) is 5.69 Å². The third kappa shape index (κ3) is 4.21. The Labute approximate surface area is 160 Å². The molecule has 0 saturated carbocycles. The molecule has 0 atom stereocenters. The van der Waals surface area contributed by atoms with Gasteiger partial charge in [0.05, 0.1) is 4.90 Å². The van der Waals surface area contributed by atoms with Crippen LogP contribution in [0.15, 0.2) is 53.4 Å². The van der Waals surface area contributed by atoms with Crippen molar-refractivity contribution < 1.29 is 13.2 Å². The topological polar surface area (TPSA) is 83.7 Å². The van der Waals surface area contributed by atoms with Crippen LogP contribution < -0.4 is 10.6 Å². The van der Waals surface area contributed by atoms with Gasteiger partial charge in [-0.3, -0.25) is 4.79 Å². The van der Waals surface area contributed by atoms with Crippen molar-refractivity contribution in [1.29, 1.82) is 0 Å². The Kier molecular flexibility index (Phi) is 5.94. The van der Waals surface area contributed by atoms with E-state index >= 15 is 0 Å². The summed E-state index contributed by atoms with van der Waals surface area (Å²) in [6.07, 6.45) is 1.29. The largest absolute Gasteiger partial charge is 0.329 e. The van der Waals surface area contributed by atoms with Crippen LogP contribution in [0.2, 0.25) is 0 Å². The number of rotatable bonds is 7. The standard InChI is InChI=1S/C20H25N3O3S/c1-16(24)23-13-10-18-15-19(7-8-20(18)23)27(25,26)22(14-11-21)12-9-17-5-3-2-4-6-17/h2-8,15H,9-14,21H2,1H3. The van der Waals surface area contributed by atoms with Crippen LogP contribution in [-0.2, 0) is 27.7 Å². The lowest BCUT2D eigenvalue weighted by atomic mass is 10.1. The summed E-state index contributed by atoms with van der Waals surface area (Å²) in [5, 5.41) is 0. The average Bonchev–Trinajstić information content (AvgIpc) is 3.09. The molecule has 0 aromatic heterocycles. The van der Waals surface area contributed by atoms with Gasteiger partial charge in [-0.25, -0.2) is 8.42 Å². The maximum Gasteiger partial charge on any atom is 0.243 e. The first-order valence-electron chi connectivity index (χ1n) is 9.08. The second-order valence-corrected chi connectivity index (χ2v) is 8.58. The minimum atomic E-state index is -3.64. The molecule has 1 aliphatic rings. The molecule has 2 aromatic rings. The number of hydrogen-bond donors (Lipinski definition) is 1. The van der Waals surface area contributed by atoms with Crippen molar-refractivity contribution >= 4 is 21.6 Å². The molecule has 0 spiro atoms. The minimum Gasteiger partial charge on any atom is -0.329 e. The smallest absolute Gasteiger partial charge is 0.243 e. The minimum absolute atomic E-state index is 0.0306. The lowest BCUT2D eigenvalue weighted by Crippen LogP contribution is -2.37. The summed E-state index contributed by atoms with van der Waals surface area (Å²) < 4.78 is 27.7. The van der Waals surface area contributed by atoms with E-state index in [4.69, 9.17) is 5.73 Å². The van der Waals surface area contributed by atoms with E-state index in [2.05, 4.69) is 0 Å². The highest BCUT2D eigenvalue weighted by Crippen LogP contribution is 2.31. The van der Waals surface area contributed by atoms with E-state index in [9.17, 15) is 13.2 Å². The van der Waals surface area contributed by atoms with Crippen LogP contribution in [0.5, 0.6) is 0 Å². The molecular formula is C20H25N3O3S. The lowest BCUT2D eigenvalue weighted by molar-refractivity contribution is -0.116. The van der Waals surface area contributed by atoms with E-state index < -0.39 is 10.0 Å². The molecule has 0 fully saturated rings. The van der Waals surface area contributed by atoms with Gasteiger partial charge in [-0.2, -0.15) is 4.31 Å². The number of amides is 1. The number of hydrogen-bond acceptors (Lipinski definition) is 4. The molecule has 27 heavy (non-hydrogen) atoms. The fourth-order valence-electron chi connectivity index (χ4n) is 3.41. The summed E-state index contributed by atoms with van der Waals surface area (Å²) >= 11 is 0. The van der Waals surface area contributed by atoms with E-state index in [0.29, 0.717) is 25.9 Å². The first kappa shape index (κ1) is 19.5. The van der Waals surface area contributed by atoms with Crippen LogP contribution in [0.3, 0.4) is 0 Å². The van der Waals surface area contributed by atoms with Gasteiger partial charge in [-0.05, 0) is 42.2 Å². The Morgan fingerprint density at radius 3 is 2.56 bits per heavy atom. The first-order valence-corrected chi connectivity index (χ1v) is 10.5. The number of nitrogens with zero attached hydrogens (tertiary/aromatic N) is 2. The van der Waals surface area contributed by atoms with Gasteiger partial charge in [0.1, 0.15) is 0 Å². The summed E-state index contributed by atoms with van der Waals surface area (Å²) in [6, 6.07) is 14.8. The summed E-state index contributed by atoms with van der Waals surface area (Å²) in [4.78, 5) is 13.6. The van der Waals surface area contributed by atoms with E-state index in [1.165, 1.54) is 11.2 Å². The number of nitrogens with two attached hydrogens (primary N) is 1. The normalized spacial score (nSPS) is 13.8. The fraction of sp³-hybridized carbons (Fsp3) is 0.350. The third-order valence-corrected chi connectivity index (χ3v) is 6.73. The molecule has 7 heteroatoms. The molecule has 0 saturated heterocycles. The average molecular weight is 388 g/mol. The summed E-state index contributed by atoms with van der Waals surface area (Å²) in [6.45, 7) is 3.02. The van der Waals surface area contributed by atoms with E-state index in [1.54, 1.807) is 23.1 Å². The van der Waals surface area contributed by atoms with Crippen LogP contribution in [0.1, 0.15) is 18.1 Å². The van der Waals surface area contributed by atoms with Crippen molar-refractivity contribution in [1.82, 2.24) is 4.31 Å². The van der Waals surface area contributed by atoms with Gasteiger partial charge in [0.15, 0.2) is 0 Å². The maximum absolute atomic E-state index is 13.1. The highest BCUT2D eigenvalue weighted by atomic mass is 32.2. The van der Waals surface area contributed by atoms with Gasteiger partial charge in [0, 0.05) is 38.8 Å². The predicted molar refractivity (Wildman–Crippen MR) is 106 cm³/mol. The summed E-state index contributed by atoms with van der Waals surface area (Å²) in [5.74, 6) is -0.0306. The molecule has 1 aliphatic heterocycles. The van der Waals surface area contributed by atoms with Crippen LogP contribution >= 0.6 is 0 Å². The van der Waals surface area contributed by atoms with Gasteiger partial charge < -0.3 is 10.6 Å². The Bertz CT molecular complexity index is 913. The van der Waals surface area contributed by atoms with Crippen molar-refractivity contribution in [3.8, 4) is 0 Å². The van der Waals surface area contributed by atoms with Gasteiger partial charge in [-0.1, -0.05) is 30.3 Å². The van der Waals surface area contributed by atoms with Gasteiger partial charge in [0.25, 0.3) is 0 Å². The SMILES string of the molecule is CC(=O)N1CCc2cc(S(=O)(=O)N(CCN)CCc3ccccc3)ccc21. The van der Waals surface area contributed by atoms with Crippen LogP contribution in [-0.4, -0.2) is 44.8 Å². The van der Waals surface area contributed by atoms with Gasteiger partial charge in [-0.15, -0.1) is 0 Å². The maximum atomic E-state index is 13.1. The predicted octanol–water partition coefficient (Wildman–Crippen LogP) is 1.79. The molecule has 1 heterocycles. The number of benzene rings is 2. The monoisotopic (exact) mass is 387 g/mol. The number of carbonyl (C=O) groups is 1. The fourth-order valence-corrected chi connectivity index (χ4v) is 4.92. The molecule has 0 aliphatic carbocycles. The molecule has 0 bridgehead atoms. The number of sulfonamides is 1. The Hall–Kier alpha value is -2.22. The zero-order chi connectivity index (χ0) is 19.4. The summed E-state index contributed by atoms with van der Waals surface area (Å²) in [5.41, 5.74) is 8.44. The molecule has 2 N–H and O–H groups in total. The van der Waals surface area contributed by atoms with E-state index in [-0.39, 0.29) is 23.9 Å². The molecule has 144 valence electrons. The van der Waals surface area contributed by atoms with Gasteiger partial charge >= 0.3 is 0 Å². The Morgan fingerprint density at radius 2 is 1.89 bits per heavy atom. The molecule has 3 rings (SSSR count). The summed E-state index contributed by atoms with van der Waals surface area (Å²) in [7, 11) is -3.64. The second-order valence-electron chi connectivity index (χ2n) is 6.64. The van der Waals surface area contributed by atoms with Crippen molar-refractivity contribution in [3.05, 3.63) is 59.7 Å². The van der Waals surface area contributed by atoms with Crippen LogP contribution in [0.25, 0.3) is 0 Å². The second kappa shape index (κ2) is 8.21. The van der Waals surface area contributed by atoms with Crippen molar-refractivity contribution in [2.75, 3.05) is 31.1 Å². The molecule has 2 aromatic carbocycles. The number of anilines is 1. The van der Waals surface area contributed by atoms with Crippen LogP contribution in [0, 0.1) is 0 Å². The number of fused-ring (bicyclic) bond motifs is 1.